The standard InChI is InChI=1S/C13H26N4O/c1-3-7-16-13(15-4-2)17-8-5-6-11(10-17)9-12(14)18/h11H,3-10H2,1-2H3,(H2,14,18)(H,15,16). The van der Waals surface area contributed by atoms with E-state index in [0.29, 0.717) is 12.3 Å². The zero-order valence-corrected chi connectivity index (χ0v) is 11.6. The summed E-state index contributed by atoms with van der Waals surface area (Å²) in [6.07, 6.45) is 3.73. The van der Waals surface area contributed by atoms with E-state index in [1.165, 1.54) is 0 Å². The fraction of sp³-hybridized carbons (Fsp3) is 0.846. The molecule has 5 nitrogen and oxygen atoms in total. The van der Waals surface area contributed by atoms with Crippen LogP contribution in [0.25, 0.3) is 0 Å². The van der Waals surface area contributed by atoms with Crippen molar-refractivity contribution in [3.8, 4) is 0 Å². The van der Waals surface area contributed by atoms with Gasteiger partial charge in [-0.25, -0.2) is 0 Å². The van der Waals surface area contributed by atoms with Crippen LogP contribution in [-0.4, -0.2) is 42.9 Å². The highest BCUT2D eigenvalue weighted by atomic mass is 16.1. The summed E-state index contributed by atoms with van der Waals surface area (Å²) in [5.41, 5.74) is 5.28. The van der Waals surface area contributed by atoms with Crippen LogP contribution in [0.2, 0.25) is 0 Å². The van der Waals surface area contributed by atoms with Gasteiger partial charge < -0.3 is 16.0 Å². The number of nitrogens with zero attached hydrogens (tertiary/aromatic N) is 2. The van der Waals surface area contributed by atoms with Crippen molar-refractivity contribution in [2.45, 2.75) is 39.5 Å². The molecule has 0 bridgehead atoms. The summed E-state index contributed by atoms with van der Waals surface area (Å²) in [4.78, 5) is 17.8. The first-order valence-corrected chi connectivity index (χ1v) is 6.98. The maximum atomic E-state index is 11.0. The molecule has 1 saturated heterocycles. The first kappa shape index (κ1) is 14.8. The molecule has 1 amide bonds. The Balaban J connectivity index is 2.58. The largest absolute Gasteiger partial charge is 0.370 e. The van der Waals surface area contributed by atoms with Crippen molar-refractivity contribution in [3.05, 3.63) is 0 Å². The van der Waals surface area contributed by atoms with E-state index in [4.69, 9.17) is 5.73 Å². The minimum atomic E-state index is -0.197. The fourth-order valence-corrected chi connectivity index (χ4v) is 2.35. The van der Waals surface area contributed by atoms with Gasteiger partial charge in [0.25, 0.3) is 0 Å². The average molecular weight is 254 g/mol. The molecule has 0 aromatic carbocycles. The van der Waals surface area contributed by atoms with Gasteiger partial charge in [-0.15, -0.1) is 0 Å². The average Bonchev–Trinajstić information content (AvgIpc) is 2.34. The van der Waals surface area contributed by atoms with Crippen LogP contribution in [-0.2, 0) is 4.79 Å². The van der Waals surface area contributed by atoms with Gasteiger partial charge in [0.2, 0.25) is 5.91 Å². The molecule has 0 aliphatic carbocycles. The maximum Gasteiger partial charge on any atom is 0.217 e. The number of carbonyl (C=O) groups is 1. The van der Waals surface area contributed by atoms with E-state index < -0.39 is 0 Å². The van der Waals surface area contributed by atoms with Crippen molar-refractivity contribution in [1.29, 1.82) is 0 Å². The normalized spacial score (nSPS) is 20.9. The van der Waals surface area contributed by atoms with Crippen molar-refractivity contribution >= 4 is 11.9 Å². The molecule has 1 heterocycles. The first-order valence-electron chi connectivity index (χ1n) is 6.98. The number of rotatable bonds is 5. The van der Waals surface area contributed by atoms with E-state index in [-0.39, 0.29) is 5.91 Å². The van der Waals surface area contributed by atoms with Gasteiger partial charge in [0.15, 0.2) is 5.96 Å². The van der Waals surface area contributed by atoms with E-state index in [9.17, 15) is 4.79 Å². The minimum absolute atomic E-state index is 0.197. The number of primary amides is 1. The summed E-state index contributed by atoms with van der Waals surface area (Å²) in [6, 6.07) is 0. The van der Waals surface area contributed by atoms with Crippen LogP contribution in [0.4, 0.5) is 0 Å². The summed E-state index contributed by atoms with van der Waals surface area (Å²) >= 11 is 0. The first-order chi connectivity index (χ1) is 8.67. The number of piperidine rings is 1. The summed E-state index contributed by atoms with van der Waals surface area (Å²) in [6.45, 7) is 7.83. The third kappa shape index (κ3) is 4.94. The quantitative estimate of drug-likeness (QED) is 0.567. The SMILES string of the molecule is CCCN=C(NCC)N1CCCC(CC(N)=O)C1. The third-order valence-corrected chi connectivity index (χ3v) is 3.13. The number of nitrogens with one attached hydrogen (secondary N) is 1. The van der Waals surface area contributed by atoms with E-state index in [1.807, 2.05) is 0 Å². The Hall–Kier alpha value is -1.26. The van der Waals surface area contributed by atoms with Crippen molar-refractivity contribution in [3.63, 3.8) is 0 Å². The zero-order valence-electron chi connectivity index (χ0n) is 11.6. The topological polar surface area (TPSA) is 70.7 Å². The molecule has 0 aromatic heterocycles. The summed E-state index contributed by atoms with van der Waals surface area (Å²) in [5, 5.41) is 3.32. The van der Waals surface area contributed by atoms with Crippen LogP contribution in [0.5, 0.6) is 0 Å². The van der Waals surface area contributed by atoms with Gasteiger partial charge in [-0.2, -0.15) is 0 Å². The van der Waals surface area contributed by atoms with Gasteiger partial charge in [0, 0.05) is 32.6 Å². The van der Waals surface area contributed by atoms with Gasteiger partial charge >= 0.3 is 0 Å². The molecule has 1 atom stereocenters. The number of carbonyl (C=O) groups excluding carboxylic acids is 1. The lowest BCUT2D eigenvalue weighted by Crippen LogP contribution is -2.47. The lowest BCUT2D eigenvalue weighted by Gasteiger charge is -2.34. The van der Waals surface area contributed by atoms with Gasteiger partial charge in [0.1, 0.15) is 0 Å². The lowest BCUT2D eigenvalue weighted by molar-refractivity contribution is -0.119. The number of likely N-dealkylation sites (tertiary alicyclic amines) is 1. The molecule has 5 heteroatoms. The number of hydrogen-bond acceptors (Lipinski definition) is 2. The molecule has 18 heavy (non-hydrogen) atoms. The molecule has 1 aliphatic rings. The van der Waals surface area contributed by atoms with E-state index in [1.54, 1.807) is 0 Å². The highest BCUT2D eigenvalue weighted by molar-refractivity contribution is 5.80. The molecule has 0 radical (unpaired) electrons. The summed E-state index contributed by atoms with van der Waals surface area (Å²) in [5.74, 6) is 1.16. The Morgan fingerprint density at radius 2 is 2.28 bits per heavy atom. The van der Waals surface area contributed by atoms with Crippen molar-refractivity contribution in [2.75, 3.05) is 26.2 Å². The molecule has 104 valence electrons. The number of nitrogens with two attached hydrogens (primary N) is 1. The summed E-state index contributed by atoms with van der Waals surface area (Å²) < 4.78 is 0. The maximum absolute atomic E-state index is 11.0. The van der Waals surface area contributed by atoms with Crippen LogP contribution >= 0.6 is 0 Å². The number of guanidine groups is 1. The molecule has 1 unspecified atom stereocenters. The monoisotopic (exact) mass is 254 g/mol. The molecule has 0 spiro atoms. The van der Waals surface area contributed by atoms with Crippen LogP contribution in [0, 0.1) is 5.92 Å². The van der Waals surface area contributed by atoms with Crippen LogP contribution in [0.15, 0.2) is 4.99 Å². The Kier molecular flexibility index (Phi) is 6.54. The van der Waals surface area contributed by atoms with Crippen LogP contribution < -0.4 is 11.1 Å². The molecular formula is C13H26N4O. The number of amides is 1. The molecule has 1 rings (SSSR count). The molecule has 3 N–H and O–H groups in total. The van der Waals surface area contributed by atoms with E-state index >= 15 is 0 Å². The summed E-state index contributed by atoms with van der Waals surface area (Å²) in [7, 11) is 0. The molecule has 0 saturated carbocycles. The highest BCUT2D eigenvalue weighted by Gasteiger charge is 2.23. The van der Waals surface area contributed by atoms with E-state index in [0.717, 1.165) is 51.4 Å². The van der Waals surface area contributed by atoms with Gasteiger partial charge in [-0.05, 0) is 32.1 Å². The van der Waals surface area contributed by atoms with Gasteiger partial charge in [-0.3, -0.25) is 9.79 Å². The Bertz CT molecular complexity index is 291. The second kappa shape index (κ2) is 7.95. The smallest absolute Gasteiger partial charge is 0.217 e. The molecule has 0 aromatic rings. The Morgan fingerprint density at radius 3 is 2.89 bits per heavy atom. The zero-order chi connectivity index (χ0) is 13.4. The Labute approximate surface area is 110 Å². The van der Waals surface area contributed by atoms with Crippen LogP contribution in [0.1, 0.15) is 39.5 Å². The van der Waals surface area contributed by atoms with Crippen molar-refractivity contribution in [2.24, 2.45) is 16.6 Å². The fourth-order valence-electron chi connectivity index (χ4n) is 2.35. The second-order valence-corrected chi connectivity index (χ2v) is 4.86. The Morgan fingerprint density at radius 1 is 1.50 bits per heavy atom. The lowest BCUT2D eigenvalue weighted by atomic mass is 9.95. The van der Waals surface area contributed by atoms with Crippen molar-refractivity contribution < 1.29 is 4.79 Å². The number of hydrogen-bond donors (Lipinski definition) is 2. The van der Waals surface area contributed by atoms with Gasteiger partial charge in [-0.1, -0.05) is 6.92 Å². The molecule has 1 fully saturated rings. The second-order valence-electron chi connectivity index (χ2n) is 4.86. The predicted octanol–water partition coefficient (Wildman–Crippen LogP) is 0.949. The van der Waals surface area contributed by atoms with Crippen LogP contribution in [0.3, 0.4) is 0 Å². The van der Waals surface area contributed by atoms with E-state index in [2.05, 4.69) is 29.1 Å². The van der Waals surface area contributed by atoms with Crippen molar-refractivity contribution in [1.82, 2.24) is 10.2 Å². The highest BCUT2D eigenvalue weighted by Crippen LogP contribution is 2.19. The number of aliphatic imine (C=N–C) groups is 1. The predicted molar refractivity (Wildman–Crippen MR) is 74.4 cm³/mol. The van der Waals surface area contributed by atoms with Gasteiger partial charge in [0.05, 0.1) is 0 Å². The third-order valence-electron chi connectivity index (χ3n) is 3.13. The molecule has 1 aliphatic heterocycles. The molecular weight excluding hydrogens is 228 g/mol. The minimum Gasteiger partial charge on any atom is -0.370 e.